The van der Waals surface area contributed by atoms with Gasteiger partial charge >= 0.3 is 5.97 Å². The molecule has 0 bridgehead atoms. The predicted octanol–water partition coefficient (Wildman–Crippen LogP) is 5.14. The lowest BCUT2D eigenvalue weighted by atomic mass is 10.1. The number of amides is 2. The molecule has 4 rings (SSSR count). The fraction of sp³-hybridized carbons (Fsp3) is 0.214. The summed E-state index contributed by atoms with van der Waals surface area (Å²) in [5, 5.41) is 8.75. The van der Waals surface area contributed by atoms with Crippen LogP contribution in [0.1, 0.15) is 35.0 Å². The Balaban J connectivity index is 1.53. The number of aromatic nitrogens is 1. The third-order valence-electron chi connectivity index (χ3n) is 6.14. The number of rotatable bonds is 7. The fourth-order valence-electron chi connectivity index (χ4n) is 4.17. The second kappa shape index (κ2) is 10.8. The molecule has 0 spiro atoms. The summed E-state index contributed by atoms with van der Waals surface area (Å²) in [6.07, 6.45) is 1.68. The van der Waals surface area contributed by atoms with E-state index in [1.54, 1.807) is 12.1 Å². The Morgan fingerprint density at radius 2 is 1.84 bits per heavy atom. The Hall–Kier alpha value is -4.29. The number of ether oxygens (including phenoxy) is 2. The molecule has 0 aliphatic carbocycles. The largest absolute Gasteiger partial charge is 0.489 e. The van der Waals surface area contributed by atoms with E-state index in [1.807, 2.05) is 66.9 Å². The zero-order valence-electron chi connectivity index (χ0n) is 20.8. The van der Waals surface area contributed by atoms with Crippen LogP contribution >= 0.6 is 11.8 Å². The van der Waals surface area contributed by atoms with Crippen molar-refractivity contribution < 1.29 is 23.9 Å². The molecule has 0 N–H and O–H groups in total. The van der Waals surface area contributed by atoms with Gasteiger partial charge in [0.1, 0.15) is 18.4 Å². The average molecular weight is 516 g/mol. The molecular weight excluding hydrogens is 490 g/mol. The van der Waals surface area contributed by atoms with Gasteiger partial charge < -0.3 is 14.0 Å². The van der Waals surface area contributed by atoms with Crippen LogP contribution in [0.2, 0.25) is 0 Å². The van der Waals surface area contributed by atoms with Crippen LogP contribution in [0.3, 0.4) is 0 Å². The van der Waals surface area contributed by atoms with E-state index in [1.165, 1.54) is 14.0 Å². The second-order valence-electron chi connectivity index (χ2n) is 8.46. The molecule has 1 atom stereocenters. The maximum Gasteiger partial charge on any atom is 0.328 e. The van der Waals surface area contributed by atoms with E-state index >= 15 is 0 Å². The number of aryl methyl sites for hydroxylation is 1. The molecule has 1 fully saturated rings. The molecular formula is C28H25N3O5S. The van der Waals surface area contributed by atoms with Gasteiger partial charge in [0, 0.05) is 22.6 Å². The summed E-state index contributed by atoms with van der Waals surface area (Å²) in [4.78, 5) is 38.3. The number of esters is 1. The van der Waals surface area contributed by atoms with Gasteiger partial charge in [-0.2, -0.15) is 5.26 Å². The lowest BCUT2D eigenvalue weighted by molar-refractivity contribution is -0.148. The van der Waals surface area contributed by atoms with E-state index < -0.39 is 23.2 Å². The van der Waals surface area contributed by atoms with Crippen molar-refractivity contribution in [3.8, 4) is 17.5 Å². The van der Waals surface area contributed by atoms with Crippen LogP contribution in [-0.4, -0.2) is 39.7 Å². The lowest BCUT2D eigenvalue weighted by Crippen LogP contribution is -2.42. The molecule has 8 nitrogen and oxygen atoms in total. The van der Waals surface area contributed by atoms with Crippen molar-refractivity contribution in [2.75, 3.05) is 7.11 Å². The molecule has 2 heterocycles. The van der Waals surface area contributed by atoms with Crippen molar-refractivity contribution in [1.29, 1.82) is 5.26 Å². The Morgan fingerprint density at radius 3 is 2.51 bits per heavy atom. The zero-order chi connectivity index (χ0) is 26.7. The van der Waals surface area contributed by atoms with Crippen LogP contribution in [0, 0.1) is 25.2 Å². The first-order valence-corrected chi connectivity index (χ1v) is 12.3. The van der Waals surface area contributed by atoms with Gasteiger partial charge in [-0.15, -0.1) is 0 Å². The van der Waals surface area contributed by atoms with E-state index in [0.29, 0.717) is 17.9 Å². The Morgan fingerprint density at radius 1 is 1.14 bits per heavy atom. The van der Waals surface area contributed by atoms with E-state index in [2.05, 4.69) is 10.8 Å². The molecule has 2 amide bonds. The number of nitrogens with zero attached hydrogens (tertiary/aromatic N) is 3. The highest BCUT2D eigenvalue weighted by atomic mass is 32.2. The number of carbonyl (C=O) groups is 3. The maximum atomic E-state index is 12.9. The van der Waals surface area contributed by atoms with Gasteiger partial charge in [0.25, 0.3) is 11.1 Å². The lowest BCUT2D eigenvalue weighted by Gasteiger charge is -2.18. The third-order valence-corrected chi connectivity index (χ3v) is 7.02. The number of thioether (sulfide) groups is 1. The summed E-state index contributed by atoms with van der Waals surface area (Å²) < 4.78 is 12.6. The van der Waals surface area contributed by atoms with Crippen molar-refractivity contribution in [3.63, 3.8) is 0 Å². The van der Waals surface area contributed by atoms with E-state index in [4.69, 9.17) is 4.74 Å². The molecule has 188 valence electrons. The summed E-state index contributed by atoms with van der Waals surface area (Å²) in [5.41, 5.74) is 4.95. The maximum absolute atomic E-state index is 12.9. The predicted molar refractivity (Wildman–Crippen MR) is 140 cm³/mol. The average Bonchev–Trinajstić information content (AvgIpc) is 3.34. The van der Waals surface area contributed by atoms with Gasteiger partial charge in [-0.25, -0.2) is 4.79 Å². The summed E-state index contributed by atoms with van der Waals surface area (Å²) in [6, 6.07) is 18.0. The van der Waals surface area contributed by atoms with Crippen LogP contribution in [0.4, 0.5) is 4.79 Å². The minimum atomic E-state index is -0.995. The van der Waals surface area contributed by atoms with Gasteiger partial charge in [0.05, 0.1) is 23.6 Å². The molecule has 3 aromatic rings. The highest BCUT2D eigenvalue weighted by molar-refractivity contribution is 8.18. The zero-order valence-corrected chi connectivity index (χ0v) is 21.7. The Bertz CT molecular complexity index is 1450. The van der Waals surface area contributed by atoms with Crippen molar-refractivity contribution in [1.82, 2.24) is 9.47 Å². The number of benzene rings is 2. The molecule has 1 saturated heterocycles. The first-order chi connectivity index (χ1) is 17.7. The first kappa shape index (κ1) is 25.8. The molecule has 37 heavy (non-hydrogen) atoms. The minimum Gasteiger partial charge on any atom is -0.489 e. The topological polar surface area (TPSA) is 102 Å². The minimum absolute atomic E-state index is 0.252. The van der Waals surface area contributed by atoms with Crippen molar-refractivity contribution in [2.45, 2.75) is 33.4 Å². The summed E-state index contributed by atoms with van der Waals surface area (Å²) in [5.74, 6) is -0.492. The highest BCUT2D eigenvalue weighted by Crippen LogP contribution is 2.35. The Labute approximate surface area is 219 Å². The van der Waals surface area contributed by atoms with Gasteiger partial charge in [-0.05, 0) is 80.6 Å². The standard InChI is InChI=1S/C28H25N3O5S/c1-17-13-22(14-25-26(32)31(28(34)37-25)19(3)27(33)35-4)18(2)30(17)23-9-11-24(12-10-23)36-16-21-8-6-5-7-20(21)15-29/h5-14,19H,16H2,1-4H3/b25-14+/t19-/m1/s1. The molecule has 1 aliphatic heterocycles. The quantitative estimate of drug-likeness (QED) is 0.317. The van der Waals surface area contributed by atoms with Gasteiger partial charge in [0.2, 0.25) is 0 Å². The smallest absolute Gasteiger partial charge is 0.328 e. The van der Waals surface area contributed by atoms with Crippen LogP contribution in [0.5, 0.6) is 5.75 Å². The van der Waals surface area contributed by atoms with Crippen molar-refractivity contribution in [3.05, 3.63) is 87.6 Å². The van der Waals surface area contributed by atoms with E-state index in [9.17, 15) is 19.6 Å². The third kappa shape index (κ3) is 5.15. The van der Waals surface area contributed by atoms with Crippen molar-refractivity contribution >= 4 is 35.0 Å². The van der Waals surface area contributed by atoms with Crippen LogP contribution < -0.4 is 4.74 Å². The van der Waals surface area contributed by atoms with E-state index in [0.717, 1.165) is 44.9 Å². The highest BCUT2D eigenvalue weighted by Gasteiger charge is 2.41. The SMILES string of the molecule is COC(=O)[C@@H](C)N1C(=O)S/C(=C/c2cc(C)n(-c3ccc(OCc4ccccc4C#N)cc3)c2C)C1=O. The summed E-state index contributed by atoms with van der Waals surface area (Å²) in [6.45, 7) is 5.65. The fourth-order valence-corrected chi connectivity index (χ4v) is 5.07. The molecule has 9 heteroatoms. The number of hydrogen-bond acceptors (Lipinski definition) is 7. The number of nitriles is 1. The Kier molecular flexibility index (Phi) is 7.50. The number of hydrogen-bond donors (Lipinski definition) is 0. The molecule has 2 aromatic carbocycles. The summed E-state index contributed by atoms with van der Waals surface area (Å²) >= 11 is 0.805. The van der Waals surface area contributed by atoms with Gasteiger partial charge in [0.15, 0.2) is 0 Å². The number of imide groups is 1. The van der Waals surface area contributed by atoms with Crippen LogP contribution in [-0.2, 0) is 20.9 Å². The molecule has 0 saturated carbocycles. The first-order valence-electron chi connectivity index (χ1n) is 11.5. The summed E-state index contributed by atoms with van der Waals surface area (Å²) in [7, 11) is 1.22. The van der Waals surface area contributed by atoms with Crippen LogP contribution in [0.15, 0.2) is 59.5 Å². The second-order valence-corrected chi connectivity index (χ2v) is 9.46. The number of methoxy groups -OCH3 is 1. The van der Waals surface area contributed by atoms with Gasteiger partial charge in [-0.1, -0.05) is 18.2 Å². The number of carbonyl (C=O) groups excluding carboxylic acids is 3. The molecule has 1 aliphatic rings. The van der Waals surface area contributed by atoms with Crippen LogP contribution in [0.25, 0.3) is 11.8 Å². The monoisotopic (exact) mass is 515 g/mol. The normalized spacial score (nSPS) is 15.1. The van der Waals surface area contributed by atoms with Crippen molar-refractivity contribution in [2.24, 2.45) is 0 Å². The molecule has 1 aromatic heterocycles. The molecule has 0 radical (unpaired) electrons. The van der Waals surface area contributed by atoms with E-state index in [-0.39, 0.29) is 4.91 Å². The van der Waals surface area contributed by atoms with Gasteiger partial charge in [-0.3, -0.25) is 14.5 Å². The molecule has 0 unspecified atom stereocenters.